The molecule has 0 aliphatic carbocycles. The summed E-state index contributed by atoms with van der Waals surface area (Å²) in [5.74, 6) is 0.695. The van der Waals surface area contributed by atoms with Gasteiger partial charge in [-0.05, 0) is 30.0 Å². The Morgan fingerprint density at radius 2 is 1.69 bits per heavy atom. The molecule has 1 heterocycles. The lowest BCUT2D eigenvalue weighted by atomic mass is 9.89. The zero-order valence-electron chi connectivity index (χ0n) is 14.9. The number of amides is 1. The fourth-order valence-electron chi connectivity index (χ4n) is 3.48. The van der Waals surface area contributed by atoms with Crippen LogP contribution >= 0.6 is 12.4 Å². The number of likely N-dealkylation sites (tertiary alicyclic amines) is 1. The summed E-state index contributed by atoms with van der Waals surface area (Å²) in [7, 11) is 0. The highest BCUT2D eigenvalue weighted by Gasteiger charge is 2.35. The highest BCUT2D eigenvalue weighted by atomic mass is 35.5. The normalized spacial score (nSPS) is 19.2. The van der Waals surface area contributed by atoms with Crippen LogP contribution in [0.5, 0.6) is 0 Å². The van der Waals surface area contributed by atoms with Crippen LogP contribution in [-0.2, 0) is 16.0 Å². The molecule has 0 aromatic heterocycles. The molecular formula is C21H27ClN2O2. The van der Waals surface area contributed by atoms with E-state index in [9.17, 15) is 4.79 Å². The van der Waals surface area contributed by atoms with Gasteiger partial charge in [0.15, 0.2) is 0 Å². The standard InChI is InChI=1S/C21H26N2O2.ClH/c22-13-19-14-23(15-20(19)18-9-5-2-6-10-18)21(24)16-25-12-11-17-7-3-1-4-8-17;/h1-10,19-20H,11-16,22H2;1H/t19-,20+;/m1./s1. The van der Waals surface area contributed by atoms with E-state index in [2.05, 4.69) is 24.3 Å². The van der Waals surface area contributed by atoms with Crippen LogP contribution in [0.1, 0.15) is 17.0 Å². The van der Waals surface area contributed by atoms with Gasteiger partial charge in [-0.1, -0.05) is 60.7 Å². The second kappa shape index (κ2) is 10.3. The van der Waals surface area contributed by atoms with E-state index < -0.39 is 0 Å². The monoisotopic (exact) mass is 374 g/mol. The van der Waals surface area contributed by atoms with Gasteiger partial charge in [0.25, 0.3) is 0 Å². The number of nitrogens with zero attached hydrogens (tertiary/aromatic N) is 1. The van der Waals surface area contributed by atoms with Crippen molar-refractivity contribution in [2.75, 3.05) is 32.8 Å². The fraction of sp³-hybridized carbons (Fsp3) is 0.381. The van der Waals surface area contributed by atoms with E-state index >= 15 is 0 Å². The molecule has 1 amide bonds. The van der Waals surface area contributed by atoms with Crippen LogP contribution in [0, 0.1) is 5.92 Å². The maximum atomic E-state index is 12.5. The zero-order valence-corrected chi connectivity index (χ0v) is 15.7. The Balaban J connectivity index is 0.00000243. The van der Waals surface area contributed by atoms with Crippen molar-refractivity contribution in [1.82, 2.24) is 4.90 Å². The molecule has 2 aromatic rings. The lowest BCUT2D eigenvalue weighted by molar-refractivity contribution is -0.135. The van der Waals surface area contributed by atoms with Crippen LogP contribution in [0.4, 0.5) is 0 Å². The van der Waals surface area contributed by atoms with Crippen molar-refractivity contribution in [3.05, 3.63) is 71.8 Å². The average molecular weight is 375 g/mol. The number of benzene rings is 2. The van der Waals surface area contributed by atoms with Crippen molar-refractivity contribution in [3.8, 4) is 0 Å². The molecule has 4 nitrogen and oxygen atoms in total. The van der Waals surface area contributed by atoms with Crippen LogP contribution in [-0.4, -0.2) is 43.7 Å². The van der Waals surface area contributed by atoms with Crippen LogP contribution in [0.15, 0.2) is 60.7 Å². The molecule has 3 rings (SSSR count). The minimum atomic E-state index is 0. The summed E-state index contributed by atoms with van der Waals surface area (Å²) in [6.45, 7) is 2.75. The van der Waals surface area contributed by atoms with Gasteiger partial charge in [0.2, 0.25) is 5.91 Å². The minimum Gasteiger partial charge on any atom is -0.371 e. The van der Waals surface area contributed by atoms with Crippen molar-refractivity contribution >= 4 is 18.3 Å². The largest absolute Gasteiger partial charge is 0.371 e. The molecular weight excluding hydrogens is 348 g/mol. The van der Waals surface area contributed by atoms with Gasteiger partial charge in [-0.25, -0.2) is 0 Å². The van der Waals surface area contributed by atoms with E-state index in [1.807, 2.05) is 41.3 Å². The van der Waals surface area contributed by atoms with Gasteiger partial charge in [0.05, 0.1) is 6.61 Å². The Morgan fingerprint density at radius 3 is 2.35 bits per heavy atom. The molecule has 0 radical (unpaired) electrons. The van der Waals surface area contributed by atoms with E-state index in [0.29, 0.717) is 25.0 Å². The predicted molar refractivity (Wildman–Crippen MR) is 107 cm³/mol. The maximum absolute atomic E-state index is 12.5. The molecule has 1 saturated heterocycles. The lowest BCUT2D eigenvalue weighted by Gasteiger charge is -2.17. The second-order valence-corrected chi connectivity index (χ2v) is 6.60. The number of hydrogen-bond donors (Lipinski definition) is 1. The Labute approximate surface area is 161 Å². The summed E-state index contributed by atoms with van der Waals surface area (Å²) in [6, 6.07) is 20.5. The Bertz CT molecular complexity index is 666. The first-order chi connectivity index (χ1) is 12.3. The Kier molecular flexibility index (Phi) is 8.10. The van der Waals surface area contributed by atoms with Gasteiger partial charge >= 0.3 is 0 Å². The maximum Gasteiger partial charge on any atom is 0.248 e. The molecule has 0 bridgehead atoms. The molecule has 5 heteroatoms. The van der Waals surface area contributed by atoms with E-state index in [0.717, 1.165) is 19.5 Å². The van der Waals surface area contributed by atoms with Crippen molar-refractivity contribution < 1.29 is 9.53 Å². The molecule has 2 aromatic carbocycles. The van der Waals surface area contributed by atoms with Gasteiger partial charge in [0, 0.05) is 19.0 Å². The third-order valence-corrected chi connectivity index (χ3v) is 4.93. The van der Waals surface area contributed by atoms with Gasteiger partial charge in [-0.15, -0.1) is 12.4 Å². The van der Waals surface area contributed by atoms with E-state index in [4.69, 9.17) is 10.5 Å². The molecule has 2 atom stereocenters. The molecule has 1 aliphatic rings. The average Bonchev–Trinajstić information content (AvgIpc) is 3.11. The third-order valence-electron chi connectivity index (χ3n) is 4.93. The summed E-state index contributed by atoms with van der Waals surface area (Å²) < 4.78 is 5.60. The molecule has 0 spiro atoms. The zero-order chi connectivity index (χ0) is 17.5. The van der Waals surface area contributed by atoms with Gasteiger partial charge < -0.3 is 15.4 Å². The van der Waals surface area contributed by atoms with E-state index in [1.165, 1.54) is 11.1 Å². The molecule has 140 valence electrons. The molecule has 2 N–H and O–H groups in total. The summed E-state index contributed by atoms with van der Waals surface area (Å²) in [6.07, 6.45) is 0.826. The summed E-state index contributed by atoms with van der Waals surface area (Å²) >= 11 is 0. The van der Waals surface area contributed by atoms with Crippen molar-refractivity contribution in [3.63, 3.8) is 0 Å². The van der Waals surface area contributed by atoms with Gasteiger partial charge in [-0.3, -0.25) is 4.79 Å². The molecule has 1 aliphatic heterocycles. The third kappa shape index (κ3) is 5.31. The van der Waals surface area contributed by atoms with Gasteiger partial charge in [0.1, 0.15) is 6.61 Å². The lowest BCUT2D eigenvalue weighted by Crippen LogP contribution is -2.33. The van der Waals surface area contributed by atoms with Crippen molar-refractivity contribution in [2.45, 2.75) is 12.3 Å². The molecule has 1 fully saturated rings. The quantitative estimate of drug-likeness (QED) is 0.758. The first kappa shape index (κ1) is 20.4. The summed E-state index contributed by atoms with van der Waals surface area (Å²) in [5, 5.41) is 0. The summed E-state index contributed by atoms with van der Waals surface area (Å²) in [5.41, 5.74) is 8.43. The van der Waals surface area contributed by atoms with E-state index in [1.54, 1.807) is 0 Å². The number of hydrogen-bond acceptors (Lipinski definition) is 3. The van der Waals surface area contributed by atoms with Crippen molar-refractivity contribution in [2.24, 2.45) is 11.7 Å². The smallest absolute Gasteiger partial charge is 0.248 e. The highest BCUT2D eigenvalue weighted by molar-refractivity contribution is 5.85. The number of carbonyl (C=O) groups excluding carboxylic acids is 1. The fourth-order valence-corrected chi connectivity index (χ4v) is 3.48. The number of nitrogens with two attached hydrogens (primary N) is 1. The summed E-state index contributed by atoms with van der Waals surface area (Å²) in [4.78, 5) is 14.4. The SMILES string of the molecule is Cl.NC[C@@H]1CN(C(=O)COCCc2ccccc2)C[C@H]1c1ccccc1. The van der Waals surface area contributed by atoms with Crippen LogP contribution in [0.3, 0.4) is 0 Å². The van der Waals surface area contributed by atoms with Crippen LogP contribution < -0.4 is 5.73 Å². The van der Waals surface area contributed by atoms with Crippen LogP contribution in [0.25, 0.3) is 0 Å². The number of ether oxygens (including phenoxy) is 1. The highest BCUT2D eigenvalue weighted by Crippen LogP contribution is 2.31. The molecule has 0 saturated carbocycles. The van der Waals surface area contributed by atoms with E-state index in [-0.39, 0.29) is 24.9 Å². The minimum absolute atomic E-state index is 0. The predicted octanol–water partition coefficient (Wildman–Crippen LogP) is 2.87. The first-order valence-electron chi connectivity index (χ1n) is 8.92. The number of rotatable bonds is 7. The van der Waals surface area contributed by atoms with Gasteiger partial charge in [-0.2, -0.15) is 0 Å². The molecule has 0 unspecified atom stereocenters. The number of carbonyl (C=O) groups is 1. The molecule has 26 heavy (non-hydrogen) atoms. The Hall–Kier alpha value is -1.88. The first-order valence-corrected chi connectivity index (χ1v) is 8.92. The second-order valence-electron chi connectivity index (χ2n) is 6.60. The topological polar surface area (TPSA) is 55.6 Å². The van der Waals surface area contributed by atoms with Crippen molar-refractivity contribution in [1.29, 1.82) is 0 Å². The Morgan fingerprint density at radius 1 is 1.04 bits per heavy atom. The van der Waals surface area contributed by atoms with Crippen LogP contribution in [0.2, 0.25) is 0 Å². The number of halogens is 1.